The fraction of sp³-hybridized carbons (Fsp3) is 0. The average Bonchev–Trinajstić information content (AvgIpc) is 2.16. The number of rotatable bonds is 2. The molecule has 0 aliphatic heterocycles. The van der Waals surface area contributed by atoms with Crippen LogP contribution >= 0.6 is 12.8 Å². The number of benzene rings is 1. The van der Waals surface area contributed by atoms with Crippen LogP contribution in [0.2, 0.25) is 0 Å². The van der Waals surface area contributed by atoms with Gasteiger partial charge < -0.3 is 11.1 Å². The Bertz CT molecular complexity index is 367. The number of urea groups is 1. The highest BCUT2D eigenvalue weighted by Gasteiger charge is 2.04. The first kappa shape index (κ1) is 10.4. The van der Waals surface area contributed by atoms with Crippen molar-refractivity contribution in [2.45, 2.75) is 0 Å². The van der Waals surface area contributed by atoms with Gasteiger partial charge in [-0.15, -0.1) is 0 Å². The van der Waals surface area contributed by atoms with Gasteiger partial charge in [-0.25, -0.2) is 4.79 Å². The van der Waals surface area contributed by atoms with Crippen molar-refractivity contribution in [3.63, 3.8) is 0 Å². The number of anilines is 1. The summed E-state index contributed by atoms with van der Waals surface area (Å²) in [4.78, 5) is 21.6. The molecule has 1 rings (SSSR count). The number of carbonyl (C=O) groups excluding carboxylic acids is 2. The van der Waals surface area contributed by atoms with Crippen LogP contribution in [0.25, 0.3) is 0 Å². The second-order valence-corrected chi connectivity index (χ2v) is 2.73. The third-order valence-corrected chi connectivity index (χ3v) is 1.70. The van der Waals surface area contributed by atoms with E-state index in [1.165, 1.54) is 6.07 Å². The van der Waals surface area contributed by atoms with Gasteiger partial charge in [-0.05, 0) is 18.2 Å². The number of nitrogens with one attached hydrogen (secondary N) is 2. The molecule has 0 aliphatic rings. The molecule has 0 radical (unpaired) electrons. The van der Waals surface area contributed by atoms with Crippen molar-refractivity contribution in [1.82, 2.24) is 4.72 Å². The first-order chi connectivity index (χ1) is 6.63. The van der Waals surface area contributed by atoms with E-state index in [-0.39, 0.29) is 5.91 Å². The highest BCUT2D eigenvalue weighted by molar-refractivity contribution is 7.78. The number of nitrogens with two attached hydrogens (primary N) is 1. The Morgan fingerprint density at radius 2 is 2.07 bits per heavy atom. The molecule has 14 heavy (non-hydrogen) atoms. The minimum atomic E-state index is -0.673. The summed E-state index contributed by atoms with van der Waals surface area (Å²) in [5.41, 5.74) is 5.78. The van der Waals surface area contributed by atoms with Crippen LogP contribution in [0.1, 0.15) is 10.4 Å². The standard InChI is InChI=1S/C8H9N3O2S/c9-8(13)10-6-3-1-2-5(4-6)7(12)11-14/h1-4,14H,(H,11,12)(H3,9,10,13). The lowest BCUT2D eigenvalue weighted by molar-refractivity contribution is 0.0985. The summed E-state index contributed by atoms with van der Waals surface area (Å²) in [6, 6.07) is 5.67. The highest BCUT2D eigenvalue weighted by atomic mass is 32.1. The van der Waals surface area contributed by atoms with E-state index >= 15 is 0 Å². The topological polar surface area (TPSA) is 84.2 Å². The van der Waals surface area contributed by atoms with E-state index in [4.69, 9.17) is 5.73 Å². The van der Waals surface area contributed by atoms with Crippen molar-refractivity contribution < 1.29 is 9.59 Å². The molecule has 0 bridgehead atoms. The first-order valence-corrected chi connectivity index (χ1v) is 4.19. The summed E-state index contributed by atoms with van der Waals surface area (Å²) in [6.45, 7) is 0. The molecule has 0 unspecified atom stereocenters. The van der Waals surface area contributed by atoms with Gasteiger partial charge in [0.05, 0.1) is 0 Å². The number of hydrogen-bond donors (Lipinski definition) is 4. The smallest absolute Gasteiger partial charge is 0.316 e. The summed E-state index contributed by atoms with van der Waals surface area (Å²) in [5.74, 6) is -0.346. The molecule has 0 spiro atoms. The molecule has 0 aromatic heterocycles. The molecule has 0 aliphatic carbocycles. The molecular weight excluding hydrogens is 202 g/mol. The molecule has 1 aromatic rings. The van der Waals surface area contributed by atoms with Crippen molar-refractivity contribution >= 4 is 30.4 Å². The van der Waals surface area contributed by atoms with E-state index in [0.29, 0.717) is 11.3 Å². The van der Waals surface area contributed by atoms with Gasteiger partial charge >= 0.3 is 6.03 Å². The van der Waals surface area contributed by atoms with Gasteiger partial charge in [0, 0.05) is 11.3 Å². The maximum Gasteiger partial charge on any atom is 0.316 e. The Morgan fingerprint density at radius 3 is 2.64 bits per heavy atom. The zero-order chi connectivity index (χ0) is 10.6. The fourth-order valence-corrected chi connectivity index (χ4v) is 1.07. The Labute approximate surface area is 86.2 Å². The predicted molar refractivity (Wildman–Crippen MR) is 56.1 cm³/mol. The number of primary amides is 1. The van der Waals surface area contributed by atoms with Crippen LogP contribution < -0.4 is 15.8 Å². The highest BCUT2D eigenvalue weighted by Crippen LogP contribution is 2.10. The Morgan fingerprint density at radius 1 is 1.36 bits per heavy atom. The molecule has 0 heterocycles. The molecule has 0 fully saturated rings. The number of amides is 3. The third-order valence-electron chi connectivity index (χ3n) is 1.49. The maximum atomic E-state index is 11.1. The average molecular weight is 211 g/mol. The van der Waals surface area contributed by atoms with Crippen LogP contribution in [0, 0.1) is 0 Å². The summed E-state index contributed by atoms with van der Waals surface area (Å²) in [7, 11) is 0. The summed E-state index contributed by atoms with van der Waals surface area (Å²) in [6.07, 6.45) is 0. The van der Waals surface area contributed by atoms with Gasteiger partial charge in [-0.3, -0.25) is 9.52 Å². The Kier molecular flexibility index (Phi) is 3.35. The molecule has 4 N–H and O–H groups in total. The zero-order valence-corrected chi connectivity index (χ0v) is 8.04. The van der Waals surface area contributed by atoms with E-state index < -0.39 is 6.03 Å². The van der Waals surface area contributed by atoms with Gasteiger partial charge in [0.25, 0.3) is 5.91 Å². The van der Waals surface area contributed by atoms with Crippen molar-refractivity contribution in [2.75, 3.05) is 5.32 Å². The number of hydrogen-bond acceptors (Lipinski definition) is 3. The van der Waals surface area contributed by atoms with E-state index in [1.54, 1.807) is 18.2 Å². The van der Waals surface area contributed by atoms with Gasteiger partial charge in [0.15, 0.2) is 0 Å². The quantitative estimate of drug-likeness (QED) is 0.544. The van der Waals surface area contributed by atoms with E-state index in [9.17, 15) is 9.59 Å². The molecule has 0 atom stereocenters. The zero-order valence-electron chi connectivity index (χ0n) is 7.15. The number of carbonyl (C=O) groups is 2. The van der Waals surface area contributed by atoms with Crippen molar-refractivity contribution in [3.8, 4) is 0 Å². The molecule has 3 amide bonds. The van der Waals surface area contributed by atoms with Gasteiger partial charge in [0.1, 0.15) is 0 Å². The second-order valence-electron chi connectivity index (χ2n) is 2.51. The van der Waals surface area contributed by atoms with Crippen LogP contribution in [-0.4, -0.2) is 11.9 Å². The first-order valence-electron chi connectivity index (χ1n) is 3.74. The predicted octanol–water partition coefficient (Wildman–Crippen LogP) is 0.752. The molecular formula is C8H9N3O2S. The van der Waals surface area contributed by atoms with Gasteiger partial charge in [0.2, 0.25) is 0 Å². The lowest BCUT2D eigenvalue weighted by atomic mass is 10.2. The van der Waals surface area contributed by atoms with Crippen LogP contribution in [0.4, 0.5) is 10.5 Å². The lowest BCUT2D eigenvalue weighted by Crippen LogP contribution is -2.20. The van der Waals surface area contributed by atoms with Crippen LogP contribution in [0.15, 0.2) is 24.3 Å². The van der Waals surface area contributed by atoms with E-state index in [1.807, 2.05) is 0 Å². The van der Waals surface area contributed by atoms with Crippen molar-refractivity contribution in [3.05, 3.63) is 29.8 Å². The summed E-state index contributed by atoms with van der Waals surface area (Å²) in [5, 5.41) is 2.36. The minimum absolute atomic E-state index is 0.346. The van der Waals surface area contributed by atoms with E-state index in [0.717, 1.165) is 0 Å². The Balaban J connectivity index is 2.89. The fourth-order valence-electron chi connectivity index (χ4n) is 0.945. The van der Waals surface area contributed by atoms with Gasteiger partial charge in [-0.2, -0.15) is 0 Å². The molecule has 74 valence electrons. The van der Waals surface area contributed by atoms with Gasteiger partial charge in [-0.1, -0.05) is 18.9 Å². The molecule has 1 aromatic carbocycles. The normalized spacial score (nSPS) is 9.21. The molecule has 0 saturated carbocycles. The van der Waals surface area contributed by atoms with E-state index in [2.05, 4.69) is 22.9 Å². The lowest BCUT2D eigenvalue weighted by Gasteiger charge is -2.03. The van der Waals surface area contributed by atoms with Crippen LogP contribution in [0.3, 0.4) is 0 Å². The monoisotopic (exact) mass is 211 g/mol. The Hall–Kier alpha value is -1.69. The van der Waals surface area contributed by atoms with Crippen LogP contribution in [-0.2, 0) is 0 Å². The molecule has 0 saturated heterocycles. The van der Waals surface area contributed by atoms with Crippen molar-refractivity contribution in [1.29, 1.82) is 0 Å². The number of thiol groups is 1. The summed E-state index contributed by atoms with van der Waals surface area (Å²) < 4.78 is 2.17. The molecule has 5 nitrogen and oxygen atoms in total. The molecule has 6 heteroatoms. The SMILES string of the molecule is NC(=O)Nc1cccc(C(=O)NS)c1. The minimum Gasteiger partial charge on any atom is -0.351 e. The second kappa shape index (κ2) is 4.52. The maximum absolute atomic E-state index is 11.1. The largest absolute Gasteiger partial charge is 0.351 e. The van der Waals surface area contributed by atoms with Crippen LogP contribution in [0.5, 0.6) is 0 Å². The van der Waals surface area contributed by atoms with Crippen molar-refractivity contribution in [2.24, 2.45) is 5.73 Å². The summed E-state index contributed by atoms with van der Waals surface area (Å²) >= 11 is 3.62. The third kappa shape index (κ3) is 2.67.